The summed E-state index contributed by atoms with van der Waals surface area (Å²) in [6.07, 6.45) is 5.01. The van der Waals surface area contributed by atoms with Gasteiger partial charge in [0, 0.05) is 5.57 Å². The number of ether oxygens (including phenoxy) is 1. The lowest BCUT2D eigenvalue weighted by atomic mass is 10.00. The first kappa shape index (κ1) is 9.84. The number of aromatic amines is 1. The molecule has 2 heterocycles. The first-order valence-corrected chi connectivity index (χ1v) is 5.30. The van der Waals surface area contributed by atoms with Gasteiger partial charge in [0.2, 0.25) is 0 Å². The standard InChI is InChI=1S/C13H10N2O2/c16-13-9(5-10-6-14-8-15-10)7-17-12-4-2-1-3-11(12)13/h1-6,8H,7H2,(H,14,15). The summed E-state index contributed by atoms with van der Waals surface area (Å²) in [5, 5.41) is 0. The third-order valence-corrected chi connectivity index (χ3v) is 2.66. The smallest absolute Gasteiger partial charge is 0.196 e. The molecule has 0 unspecified atom stereocenters. The number of Topliss-reactive ketones (excluding diaryl/α,β-unsaturated/α-hetero) is 1. The molecule has 0 fully saturated rings. The Hall–Kier alpha value is -2.36. The number of para-hydroxylation sites is 1. The van der Waals surface area contributed by atoms with Crippen molar-refractivity contribution in [3.8, 4) is 5.75 Å². The lowest BCUT2D eigenvalue weighted by Gasteiger charge is -2.18. The molecule has 4 nitrogen and oxygen atoms in total. The number of aromatic nitrogens is 2. The number of nitrogens with one attached hydrogen (secondary N) is 1. The Labute approximate surface area is 98.0 Å². The van der Waals surface area contributed by atoms with Gasteiger partial charge in [-0.2, -0.15) is 0 Å². The zero-order chi connectivity index (χ0) is 11.7. The second-order valence-electron chi connectivity index (χ2n) is 3.79. The van der Waals surface area contributed by atoms with Crippen molar-refractivity contribution in [2.45, 2.75) is 0 Å². The van der Waals surface area contributed by atoms with Gasteiger partial charge in [-0.25, -0.2) is 4.98 Å². The molecule has 4 heteroatoms. The van der Waals surface area contributed by atoms with E-state index in [0.717, 1.165) is 5.69 Å². The lowest BCUT2D eigenvalue weighted by molar-refractivity contribution is 0.100. The molecule has 0 bridgehead atoms. The Morgan fingerprint density at radius 2 is 2.24 bits per heavy atom. The van der Waals surface area contributed by atoms with Crippen molar-refractivity contribution in [1.82, 2.24) is 9.97 Å². The summed E-state index contributed by atoms with van der Waals surface area (Å²) in [5.41, 5.74) is 2.05. The highest BCUT2D eigenvalue weighted by Crippen LogP contribution is 2.27. The van der Waals surface area contributed by atoms with Crippen molar-refractivity contribution < 1.29 is 9.53 Å². The predicted octanol–water partition coefficient (Wildman–Crippen LogP) is 2.07. The maximum absolute atomic E-state index is 12.2. The maximum atomic E-state index is 12.2. The van der Waals surface area contributed by atoms with Gasteiger partial charge < -0.3 is 9.72 Å². The minimum absolute atomic E-state index is 0.0152. The highest BCUT2D eigenvalue weighted by atomic mass is 16.5. The van der Waals surface area contributed by atoms with Crippen LogP contribution in [0.15, 0.2) is 42.4 Å². The van der Waals surface area contributed by atoms with E-state index in [4.69, 9.17) is 4.74 Å². The highest BCUT2D eigenvalue weighted by Gasteiger charge is 2.22. The number of carbonyl (C=O) groups excluding carboxylic acids is 1. The molecule has 1 aromatic carbocycles. The molecule has 0 radical (unpaired) electrons. The van der Waals surface area contributed by atoms with Gasteiger partial charge in [-0.1, -0.05) is 12.1 Å². The summed E-state index contributed by atoms with van der Waals surface area (Å²) in [6.45, 7) is 0.300. The number of benzene rings is 1. The van der Waals surface area contributed by atoms with Crippen LogP contribution < -0.4 is 4.74 Å². The summed E-state index contributed by atoms with van der Waals surface area (Å²) >= 11 is 0. The van der Waals surface area contributed by atoms with Gasteiger partial charge in [0.25, 0.3) is 0 Å². The Balaban J connectivity index is 2.00. The van der Waals surface area contributed by atoms with Crippen LogP contribution in [0.5, 0.6) is 5.75 Å². The summed E-state index contributed by atoms with van der Waals surface area (Å²) in [5.74, 6) is 0.667. The van der Waals surface area contributed by atoms with Gasteiger partial charge in [0.15, 0.2) is 5.78 Å². The molecule has 17 heavy (non-hydrogen) atoms. The quantitative estimate of drug-likeness (QED) is 0.757. The Kier molecular flexibility index (Phi) is 2.26. The number of fused-ring (bicyclic) bond motifs is 1. The molecule has 1 N–H and O–H groups in total. The van der Waals surface area contributed by atoms with Crippen LogP contribution >= 0.6 is 0 Å². The van der Waals surface area contributed by atoms with Crippen molar-refractivity contribution in [3.63, 3.8) is 0 Å². The Bertz CT molecular complexity index is 585. The molecule has 0 aliphatic carbocycles. The number of hydrogen-bond acceptors (Lipinski definition) is 3. The van der Waals surface area contributed by atoms with E-state index in [9.17, 15) is 4.79 Å². The van der Waals surface area contributed by atoms with Crippen molar-refractivity contribution in [2.75, 3.05) is 6.61 Å². The van der Waals surface area contributed by atoms with E-state index in [2.05, 4.69) is 9.97 Å². The van der Waals surface area contributed by atoms with Gasteiger partial charge >= 0.3 is 0 Å². The summed E-state index contributed by atoms with van der Waals surface area (Å²) in [4.78, 5) is 19.0. The zero-order valence-corrected chi connectivity index (χ0v) is 9.01. The average molecular weight is 226 g/mol. The summed E-state index contributed by atoms with van der Waals surface area (Å²) in [7, 11) is 0. The minimum atomic E-state index is 0.0152. The van der Waals surface area contributed by atoms with Crippen LogP contribution in [0.2, 0.25) is 0 Å². The van der Waals surface area contributed by atoms with Crippen LogP contribution in [0.4, 0.5) is 0 Å². The second-order valence-corrected chi connectivity index (χ2v) is 3.79. The van der Waals surface area contributed by atoms with E-state index in [1.807, 2.05) is 12.1 Å². The lowest BCUT2D eigenvalue weighted by Crippen LogP contribution is -2.18. The van der Waals surface area contributed by atoms with Gasteiger partial charge in [-0.3, -0.25) is 4.79 Å². The number of nitrogens with zero attached hydrogens (tertiary/aromatic N) is 1. The maximum Gasteiger partial charge on any atom is 0.196 e. The Morgan fingerprint density at radius 1 is 1.35 bits per heavy atom. The third-order valence-electron chi connectivity index (χ3n) is 2.66. The monoisotopic (exact) mass is 226 g/mol. The zero-order valence-electron chi connectivity index (χ0n) is 9.01. The normalized spacial score (nSPS) is 16.7. The number of ketones is 1. The number of H-pyrrole nitrogens is 1. The van der Waals surface area contributed by atoms with Gasteiger partial charge in [-0.15, -0.1) is 0 Å². The molecule has 3 rings (SSSR count). The van der Waals surface area contributed by atoms with E-state index < -0.39 is 0 Å². The van der Waals surface area contributed by atoms with Crippen LogP contribution in [0.3, 0.4) is 0 Å². The van der Waals surface area contributed by atoms with Crippen LogP contribution in [-0.4, -0.2) is 22.4 Å². The molecule has 0 amide bonds. The van der Waals surface area contributed by atoms with E-state index in [1.54, 1.807) is 30.7 Å². The van der Waals surface area contributed by atoms with E-state index >= 15 is 0 Å². The molecule has 1 aliphatic rings. The van der Waals surface area contributed by atoms with Gasteiger partial charge in [0.1, 0.15) is 12.4 Å². The van der Waals surface area contributed by atoms with Crippen molar-refractivity contribution in [3.05, 3.63) is 53.6 Å². The third kappa shape index (κ3) is 1.73. The fraction of sp³-hybridized carbons (Fsp3) is 0.0769. The van der Waals surface area contributed by atoms with Crippen molar-refractivity contribution >= 4 is 11.9 Å². The molecular formula is C13H10N2O2. The van der Waals surface area contributed by atoms with Crippen LogP contribution in [0, 0.1) is 0 Å². The largest absolute Gasteiger partial charge is 0.488 e. The summed E-state index contributed by atoms with van der Waals surface area (Å²) < 4.78 is 5.53. The van der Waals surface area contributed by atoms with E-state index in [1.165, 1.54) is 0 Å². The number of imidazole rings is 1. The molecule has 1 aromatic heterocycles. The summed E-state index contributed by atoms with van der Waals surface area (Å²) in [6, 6.07) is 7.27. The van der Waals surface area contributed by atoms with Crippen molar-refractivity contribution in [2.24, 2.45) is 0 Å². The van der Waals surface area contributed by atoms with Gasteiger partial charge in [0.05, 0.1) is 23.8 Å². The van der Waals surface area contributed by atoms with Crippen LogP contribution in [-0.2, 0) is 0 Å². The van der Waals surface area contributed by atoms with E-state index in [-0.39, 0.29) is 5.78 Å². The highest BCUT2D eigenvalue weighted by molar-refractivity contribution is 6.13. The minimum Gasteiger partial charge on any atom is -0.488 e. The number of rotatable bonds is 1. The fourth-order valence-electron chi connectivity index (χ4n) is 1.81. The fourth-order valence-corrected chi connectivity index (χ4v) is 1.81. The molecule has 84 valence electrons. The van der Waals surface area contributed by atoms with Crippen molar-refractivity contribution in [1.29, 1.82) is 0 Å². The molecule has 1 aliphatic heterocycles. The predicted molar refractivity (Wildman–Crippen MR) is 62.8 cm³/mol. The molecule has 2 aromatic rings. The second kappa shape index (κ2) is 3.90. The first-order valence-electron chi connectivity index (χ1n) is 5.30. The molecular weight excluding hydrogens is 216 g/mol. The molecule has 0 saturated heterocycles. The van der Waals surface area contributed by atoms with Crippen LogP contribution in [0.25, 0.3) is 6.08 Å². The molecule has 0 spiro atoms. The molecule has 0 atom stereocenters. The molecule has 0 saturated carbocycles. The number of carbonyl (C=O) groups is 1. The average Bonchev–Trinajstić information content (AvgIpc) is 2.86. The first-order chi connectivity index (χ1) is 8.34. The number of hydrogen-bond donors (Lipinski definition) is 1. The van der Waals surface area contributed by atoms with E-state index in [0.29, 0.717) is 23.5 Å². The van der Waals surface area contributed by atoms with Crippen LogP contribution in [0.1, 0.15) is 16.1 Å². The Morgan fingerprint density at radius 3 is 3.06 bits per heavy atom. The SMILES string of the molecule is O=C1C(=Cc2cnc[nH]2)COc2ccccc21. The van der Waals surface area contributed by atoms with Gasteiger partial charge in [-0.05, 0) is 18.2 Å². The topological polar surface area (TPSA) is 55.0 Å².